The van der Waals surface area contributed by atoms with Crippen LogP contribution in [0.25, 0.3) is 0 Å². The minimum absolute atomic E-state index is 0.0216. The van der Waals surface area contributed by atoms with Gasteiger partial charge in [-0.2, -0.15) is 0 Å². The zero-order valence-electron chi connectivity index (χ0n) is 14.5. The number of carbonyl (C=O) groups is 3. The van der Waals surface area contributed by atoms with E-state index >= 15 is 0 Å². The molecule has 8 heteroatoms. The highest BCUT2D eigenvalue weighted by Crippen LogP contribution is 2.32. The number of rotatable bonds is 5. The van der Waals surface area contributed by atoms with Crippen molar-refractivity contribution >= 4 is 40.9 Å². The molecule has 1 aliphatic rings. The van der Waals surface area contributed by atoms with E-state index in [1.165, 1.54) is 36.0 Å². The number of ether oxygens (including phenoxy) is 1. The lowest BCUT2D eigenvalue weighted by Crippen LogP contribution is -2.37. The lowest BCUT2D eigenvalue weighted by atomic mass is 10.1. The van der Waals surface area contributed by atoms with Crippen LogP contribution in [0.3, 0.4) is 0 Å². The van der Waals surface area contributed by atoms with Crippen molar-refractivity contribution in [2.24, 2.45) is 0 Å². The third kappa shape index (κ3) is 4.28. The van der Waals surface area contributed by atoms with E-state index in [9.17, 15) is 18.8 Å². The zero-order chi connectivity index (χ0) is 19.4. The summed E-state index contributed by atoms with van der Waals surface area (Å²) >= 11 is 1.37. The Hall–Kier alpha value is -2.87. The van der Waals surface area contributed by atoms with Crippen LogP contribution in [0.5, 0.6) is 0 Å². The van der Waals surface area contributed by atoms with Crippen LogP contribution in [0.4, 0.5) is 15.8 Å². The van der Waals surface area contributed by atoms with E-state index in [1.54, 1.807) is 25.1 Å². The number of esters is 1. The smallest absolute Gasteiger partial charge is 0.326 e. The molecular weight excluding hydrogens is 371 g/mol. The molecule has 0 spiro atoms. The molecule has 2 aromatic carbocycles. The summed E-state index contributed by atoms with van der Waals surface area (Å²) in [6, 6.07) is 10.5. The maximum absolute atomic E-state index is 14.3. The van der Waals surface area contributed by atoms with Crippen molar-refractivity contribution in [3.8, 4) is 0 Å². The van der Waals surface area contributed by atoms with Gasteiger partial charge in [-0.1, -0.05) is 12.1 Å². The number of para-hydroxylation sites is 1. The maximum atomic E-state index is 14.3. The number of thioether (sulfide) groups is 1. The van der Waals surface area contributed by atoms with E-state index < -0.39 is 24.2 Å². The van der Waals surface area contributed by atoms with E-state index in [0.717, 1.165) is 9.80 Å². The fourth-order valence-electron chi connectivity index (χ4n) is 2.64. The monoisotopic (exact) mass is 388 g/mol. The third-order valence-corrected chi connectivity index (χ3v) is 4.91. The Kier molecular flexibility index (Phi) is 5.75. The van der Waals surface area contributed by atoms with Crippen molar-refractivity contribution in [2.75, 3.05) is 29.1 Å². The van der Waals surface area contributed by atoms with Crippen molar-refractivity contribution in [2.45, 2.75) is 11.8 Å². The summed E-state index contributed by atoms with van der Waals surface area (Å²) in [6.45, 7) is 1.38. The summed E-state index contributed by atoms with van der Waals surface area (Å²) < 4.78 is 19.2. The molecule has 0 bridgehead atoms. The van der Waals surface area contributed by atoms with Crippen LogP contribution in [0, 0.1) is 5.82 Å². The van der Waals surface area contributed by atoms with Crippen LogP contribution in [-0.2, 0) is 14.3 Å². The fourth-order valence-corrected chi connectivity index (χ4v) is 3.43. The van der Waals surface area contributed by atoms with Crippen LogP contribution >= 0.6 is 11.8 Å². The fraction of sp³-hybridized carbons (Fsp3) is 0.211. The SMILES string of the molecule is CCOC(=O)CN(C(=O)c1ccc2c(c1)NC(=O)CS2)c1ccccc1F. The molecule has 2 amide bonds. The number of halogens is 1. The molecule has 0 radical (unpaired) electrons. The van der Waals surface area contributed by atoms with Gasteiger partial charge in [-0.3, -0.25) is 19.3 Å². The number of nitrogens with one attached hydrogen (secondary N) is 1. The molecule has 0 aliphatic carbocycles. The molecule has 0 unspecified atom stereocenters. The molecule has 0 saturated carbocycles. The molecule has 1 heterocycles. The topological polar surface area (TPSA) is 75.7 Å². The molecule has 0 aromatic heterocycles. The van der Waals surface area contributed by atoms with Crippen molar-refractivity contribution in [1.29, 1.82) is 0 Å². The average Bonchev–Trinajstić information content (AvgIpc) is 2.66. The third-order valence-electron chi connectivity index (χ3n) is 3.84. The molecule has 1 N–H and O–H groups in total. The largest absolute Gasteiger partial charge is 0.465 e. The first kappa shape index (κ1) is 18.9. The lowest BCUT2D eigenvalue weighted by molar-refractivity contribution is -0.141. The van der Waals surface area contributed by atoms with E-state index in [0.29, 0.717) is 11.4 Å². The van der Waals surface area contributed by atoms with Crippen LogP contribution in [0.2, 0.25) is 0 Å². The second kappa shape index (κ2) is 8.22. The summed E-state index contributed by atoms with van der Waals surface area (Å²) in [6.07, 6.45) is 0. The maximum Gasteiger partial charge on any atom is 0.326 e. The van der Waals surface area contributed by atoms with Gasteiger partial charge in [-0.15, -0.1) is 11.8 Å². The normalized spacial score (nSPS) is 12.7. The summed E-state index contributed by atoms with van der Waals surface area (Å²) in [5, 5.41) is 2.71. The van der Waals surface area contributed by atoms with Crippen molar-refractivity contribution in [3.63, 3.8) is 0 Å². The molecule has 3 rings (SSSR count). The number of hydrogen-bond donors (Lipinski definition) is 1. The van der Waals surface area contributed by atoms with Gasteiger partial charge in [0.2, 0.25) is 5.91 Å². The van der Waals surface area contributed by atoms with Gasteiger partial charge < -0.3 is 10.1 Å². The van der Waals surface area contributed by atoms with Crippen LogP contribution in [0.15, 0.2) is 47.4 Å². The van der Waals surface area contributed by atoms with Gasteiger partial charge in [0.25, 0.3) is 5.91 Å². The second-order valence-corrected chi connectivity index (χ2v) is 6.71. The van der Waals surface area contributed by atoms with Crippen molar-refractivity contribution in [3.05, 3.63) is 53.8 Å². The molecule has 27 heavy (non-hydrogen) atoms. The van der Waals surface area contributed by atoms with E-state index in [2.05, 4.69) is 5.32 Å². The molecular formula is C19H17FN2O4S. The lowest BCUT2D eigenvalue weighted by Gasteiger charge is -2.23. The summed E-state index contributed by atoms with van der Waals surface area (Å²) in [5.41, 5.74) is 0.725. The highest BCUT2D eigenvalue weighted by atomic mass is 32.2. The molecule has 140 valence electrons. The summed E-state index contributed by atoms with van der Waals surface area (Å²) in [5.74, 6) is -1.69. The Morgan fingerprint density at radius 3 is 2.78 bits per heavy atom. The standard InChI is InChI=1S/C19H17FN2O4S/c1-2-26-18(24)10-22(15-6-4-3-5-13(15)20)19(25)12-7-8-16-14(9-12)21-17(23)11-27-16/h3-9H,2,10-11H2,1H3,(H,21,23). The molecule has 0 saturated heterocycles. The highest BCUT2D eigenvalue weighted by molar-refractivity contribution is 8.00. The Balaban J connectivity index is 1.95. The van der Waals surface area contributed by atoms with Gasteiger partial charge in [-0.25, -0.2) is 4.39 Å². The highest BCUT2D eigenvalue weighted by Gasteiger charge is 2.25. The van der Waals surface area contributed by atoms with Crippen molar-refractivity contribution in [1.82, 2.24) is 0 Å². The Labute approximate surface area is 159 Å². The number of nitrogens with zero attached hydrogens (tertiary/aromatic N) is 1. The number of fused-ring (bicyclic) bond motifs is 1. The minimum Gasteiger partial charge on any atom is -0.465 e. The predicted octanol–water partition coefficient (Wildman–Crippen LogP) is 3.08. The zero-order valence-corrected chi connectivity index (χ0v) is 15.3. The first-order valence-corrected chi connectivity index (χ1v) is 9.27. The summed E-state index contributed by atoms with van der Waals surface area (Å²) in [7, 11) is 0. The van der Waals surface area contributed by atoms with Gasteiger partial charge in [0.1, 0.15) is 12.4 Å². The van der Waals surface area contributed by atoms with Gasteiger partial charge >= 0.3 is 5.97 Å². The quantitative estimate of drug-likeness (QED) is 0.797. The van der Waals surface area contributed by atoms with Crippen LogP contribution in [0.1, 0.15) is 17.3 Å². The number of amides is 2. The van der Waals surface area contributed by atoms with Gasteiger partial charge in [0.15, 0.2) is 0 Å². The van der Waals surface area contributed by atoms with Crippen LogP contribution in [-0.4, -0.2) is 36.7 Å². The average molecular weight is 388 g/mol. The van der Waals surface area contributed by atoms with Gasteiger partial charge in [-0.05, 0) is 37.3 Å². The Bertz CT molecular complexity index is 903. The molecule has 0 fully saturated rings. The summed E-state index contributed by atoms with van der Waals surface area (Å²) in [4.78, 5) is 38.4. The van der Waals surface area contributed by atoms with E-state index in [1.807, 2.05) is 0 Å². The Morgan fingerprint density at radius 1 is 1.26 bits per heavy atom. The number of hydrogen-bond acceptors (Lipinski definition) is 5. The molecule has 0 atom stereocenters. The van der Waals surface area contributed by atoms with E-state index in [4.69, 9.17) is 4.74 Å². The predicted molar refractivity (Wildman–Crippen MR) is 101 cm³/mol. The molecule has 6 nitrogen and oxygen atoms in total. The number of benzene rings is 2. The van der Waals surface area contributed by atoms with Crippen molar-refractivity contribution < 1.29 is 23.5 Å². The van der Waals surface area contributed by atoms with Crippen LogP contribution < -0.4 is 10.2 Å². The first-order valence-electron chi connectivity index (χ1n) is 8.28. The molecule has 2 aromatic rings. The molecule has 1 aliphatic heterocycles. The number of carbonyl (C=O) groups excluding carboxylic acids is 3. The number of anilines is 2. The first-order chi connectivity index (χ1) is 13.0. The minimum atomic E-state index is -0.643. The van der Waals surface area contributed by atoms with Gasteiger partial charge in [0.05, 0.1) is 23.7 Å². The van der Waals surface area contributed by atoms with E-state index in [-0.39, 0.29) is 23.8 Å². The van der Waals surface area contributed by atoms with Gasteiger partial charge in [0, 0.05) is 10.5 Å². The Morgan fingerprint density at radius 2 is 2.04 bits per heavy atom. The second-order valence-electron chi connectivity index (χ2n) is 5.70.